The summed E-state index contributed by atoms with van der Waals surface area (Å²) in [7, 11) is 3.72. The second-order valence-electron chi connectivity index (χ2n) is 4.71. The van der Waals surface area contributed by atoms with Crippen LogP contribution in [0, 0.1) is 0 Å². The summed E-state index contributed by atoms with van der Waals surface area (Å²) in [5, 5.41) is 0. The summed E-state index contributed by atoms with van der Waals surface area (Å²) < 4.78 is 0.875. The smallest absolute Gasteiger partial charge is 0.271 e. The van der Waals surface area contributed by atoms with Crippen molar-refractivity contribution in [2.75, 3.05) is 19.0 Å². The van der Waals surface area contributed by atoms with Crippen LogP contribution in [0.15, 0.2) is 47.1 Å². The predicted octanol–water partition coefficient (Wildman–Crippen LogP) is 1.98. The topological polar surface area (TPSA) is 74.3 Å². The van der Waals surface area contributed by atoms with E-state index in [4.69, 9.17) is 0 Å². The number of benzene rings is 1. The molecule has 22 heavy (non-hydrogen) atoms. The molecule has 0 saturated heterocycles. The molecule has 7 heteroatoms. The molecule has 0 saturated carbocycles. The van der Waals surface area contributed by atoms with Crippen molar-refractivity contribution >= 4 is 33.6 Å². The third-order valence-corrected chi connectivity index (χ3v) is 3.39. The second kappa shape index (κ2) is 7.04. The second-order valence-corrected chi connectivity index (χ2v) is 5.63. The lowest BCUT2D eigenvalue weighted by molar-refractivity contribution is 0.0846. The molecule has 2 rings (SSSR count). The first kappa shape index (κ1) is 16.0. The highest BCUT2D eigenvalue weighted by molar-refractivity contribution is 9.10. The quantitative estimate of drug-likeness (QED) is 0.818. The van der Waals surface area contributed by atoms with E-state index in [1.165, 1.54) is 6.20 Å². The number of rotatable bonds is 3. The molecule has 0 radical (unpaired) electrons. The number of halogens is 1. The third kappa shape index (κ3) is 4.05. The maximum Gasteiger partial charge on any atom is 0.271 e. The number of anilines is 1. The number of carbonyl (C=O) groups is 2. The van der Waals surface area contributed by atoms with E-state index in [0.717, 1.165) is 10.3 Å². The van der Waals surface area contributed by atoms with Gasteiger partial charge in [-0.25, -0.2) is 4.98 Å². The van der Waals surface area contributed by atoms with E-state index in [2.05, 4.69) is 31.8 Å². The lowest BCUT2D eigenvalue weighted by atomic mass is 10.2. The van der Waals surface area contributed by atoms with E-state index in [1.54, 1.807) is 36.4 Å². The van der Waals surface area contributed by atoms with Gasteiger partial charge in [-0.05, 0) is 36.4 Å². The van der Waals surface area contributed by atoms with Crippen molar-refractivity contribution in [2.45, 2.75) is 0 Å². The molecule has 0 atom stereocenters. The van der Waals surface area contributed by atoms with Crippen LogP contribution in [0.2, 0.25) is 0 Å². The molecule has 2 amide bonds. The SMILES string of the molecule is CN(C)c1ccc(C(=O)NNC(=O)c2ccc(Br)cc2)cn1. The molecule has 0 fully saturated rings. The Morgan fingerprint density at radius 2 is 1.50 bits per heavy atom. The molecule has 0 spiro atoms. The van der Waals surface area contributed by atoms with Gasteiger partial charge < -0.3 is 4.90 Å². The van der Waals surface area contributed by atoms with E-state index in [1.807, 2.05) is 19.0 Å². The zero-order valence-electron chi connectivity index (χ0n) is 12.1. The monoisotopic (exact) mass is 362 g/mol. The summed E-state index contributed by atoms with van der Waals surface area (Å²) in [4.78, 5) is 29.8. The Bertz CT molecular complexity index is 669. The largest absolute Gasteiger partial charge is 0.363 e. The number of amides is 2. The number of pyridine rings is 1. The summed E-state index contributed by atoms with van der Waals surface area (Å²) in [6, 6.07) is 10.2. The number of nitrogens with one attached hydrogen (secondary N) is 2. The highest BCUT2D eigenvalue weighted by Gasteiger charge is 2.09. The molecule has 114 valence electrons. The van der Waals surface area contributed by atoms with Crippen molar-refractivity contribution in [3.05, 3.63) is 58.2 Å². The summed E-state index contributed by atoms with van der Waals surface area (Å²) in [5.41, 5.74) is 5.53. The Labute approximate surface area is 136 Å². The van der Waals surface area contributed by atoms with Gasteiger partial charge in [0.15, 0.2) is 0 Å². The molecule has 0 aliphatic carbocycles. The Hall–Kier alpha value is -2.41. The molecule has 1 aromatic carbocycles. The van der Waals surface area contributed by atoms with E-state index in [9.17, 15) is 9.59 Å². The summed E-state index contributed by atoms with van der Waals surface area (Å²) >= 11 is 3.29. The van der Waals surface area contributed by atoms with Gasteiger partial charge in [0.1, 0.15) is 5.82 Å². The molecule has 1 aromatic heterocycles. The summed E-state index contributed by atoms with van der Waals surface area (Å²) in [6.07, 6.45) is 1.45. The van der Waals surface area contributed by atoms with E-state index >= 15 is 0 Å². The predicted molar refractivity (Wildman–Crippen MR) is 87.6 cm³/mol. The van der Waals surface area contributed by atoms with E-state index in [-0.39, 0.29) is 0 Å². The normalized spacial score (nSPS) is 9.95. The Morgan fingerprint density at radius 1 is 0.955 bits per heavy atom. The van der Waals surface area contributed by atoms with E-state index < -0.39 is 11.8 Å². The molecule has 6 nitrogen and oxygen atoms in total. The zero-order valence-corrected chi connectivity index (χ0v) is 13.7. The minimum Gasteiger partial charge on any atom is -0.363 e. The molecule has 0 aliphatic rings. The maximum absolute atomic E-state index is 11.9. The number of hydrogen-bond donors (Lipinski definition) is 2. The van der Waals surface area contributed by atoms with Crippen molar-refractivity contribution in [1.82, 2.24) is 15.8 Å². The van der Waals surface area contributed by atoms with Crippen LogP contribution in [0.4, 0.5) is 5.82 Å². The van der Waals surface area contributed by atoms with Crippen molar-refractivity contribution in [1.29, 1.82) is 0 Å². The maximum atomic E-state index is 11.9. The van der Waals surface area contributed by atoms with Crippen molar-refractivity contribution in [3.63, 3.8) is 0 Å². The van der Waals surface area contributed by atoms with Crippen LogP contribution in [-0.4, -0.2) is 30.9 Å². The molecule has 0 unspecified atom stereocenters. The van der Waals surface area contributed by atoms with Crippen LogP contribution in [-0.2, 0) is 0 Å². The molecule has 2 N–H and O–H groups in total. The van der Waals surface area contributed by atoms with Gasteiger partial charge in [-0.15, -0.1) is 0 Å². The lowest BCUT2D eigenvalue weighted by Gasteiger charge is -2.11. The van der Waals surface area contributed by atoms with Gasteiger partial charge in [-0.1, -0.05) is 15.9 Å². The summed E-state index contributed by atoms with van der Waals surface area (Å²) in [6.45, 7) is 0. The average Bonchev–Trinajstić information content (AvgIpc) is 2.53. The van der Waals surface area contributed by atoms with Crippen LogP contribution in [0.1, 0.15) is 20.7 Å². The standard InChI is InChI=1S/C15H15BrN4O2/c1-20(2)13-8-5-11(9-17-13)15(22)19-18-14(21)10-3-6-12(16)7-4-10/h3-9H,1-2H3,(H,18,21)(H,19,22). The first-order valence-corrected chi connectivity index (χ1v) is 7.26. The zero-order chi connectivity index (χ0) is 16.1. The molecule has 0 aliphatic heterocycles. The van der Waals surface area contributed by atoms with Gasteiger partial charge in [-0.2, -0.15) is 0 Å². The van der Waals surface area contributed by atoms with Crippen molar-refractivity contribution < 1.29 is 9.59 Å². The van der Waals surface area contributed by atoms with Crippen LogP contribution in [0.25, 0.3) is 0 Å². The minimum absolute atomic E-state index is 0.363. The highest BCUT2D eigenvalue weighted by atomic mass is 79.9. The summed E-state index contributed by atoms with van der Waals surface area (Å²) in [5.74, 6) is -0.0718. The van der Waals surface area contributed by atoms with Crippen molar-refractivity contribution in [2.24, 2.45) is 0 Å². The molecule has 2 aromatic rings. The Balaban J connectivity index is 1.94. The molecular formula is C15H15BrN4O2. The number of hydrazine groups is 1. The van der Waals surface area contributed by atoms with Gasteiger partial charge in [0.2, 0.25) is 0 Å². The number of hydrogen-bond acceptors (Lipinski definition) is 4. The van der Waals surface area contributed by atoms with Gasteiger partial charge in [0.25, 0.3) is 11.8 Å². The first-order valence-electron chi connectivity index (χ1n) is 6.47. The number of carbonyl (C=O) groups excluding carboxylic acids is 2. The van der Waals surface area contributed by atoms with Crippen LogP contribution >= 0.6 is 15.9 Å². The fourth-order valence-electron chi connectivity index (χ4n) is 1.64. The molecular weight excluding hydrogens is 348 g/mol. The Kier molecular flexibility index (Phi) is 5.11. The average molecular weight is 363 g/mol. The number of aromatic nitrogens is 1. The number of nitrogens with zero attached hydrogens (tertiary/aromatic N) is 2. The van der Waals surface area contributed by atoms with Gasteiger partial charge in [-0.3, -0.25) is 20.4 Å². The Morgan fingerprint density at radius 3 is 2.00 bits per heavy atom. The first-order chi connectivity index (χ1) is 10.5. The fourth-order valence-corrected chi connectivity index (χ4v) is 1.91. The molecule has 1 heterocycles. The van der Waals surface area contributed by atoms with Crippen LogP contribution in [0.5, 0.6) is 0 Å². The highest BCUT2D eigenvalue weighted by Crippen LogP contribution is 2.10. The van der Waals surface area contributed by atoms with Crippen LogP contribution < -0.4 is 15.8 Å². The third-order valence-electron chi connectivity index (χ3n) is 2.86. The molecule has 0 bridgehead atoms. The minimum atomic E-state index is -0.428. The van der Waals surface area contributed by atoms with Gasteiger partial charge >= 0.3 is 0 Å². The van der Waals surface area contributed by atoms with Crippen molar-refractivity contribution in [3.8, 4) is 0 Å². The van der Waals surface area contributed by atoms with Crippen LogP contribution in [0.3, 0.4) is 0 Å². The fraction of sp³-hybridized carbons (Fsp3) is 0.133. The van der Waals surface area contributed by atoms with E-state index in [0.29, 0.717) is 11.1 Å². The van der Waals surface area contributed by atoms with Gasteiger partial charge in [0, 0.05) is 30.3 Å². The lowest BCUT2D eigenvalue weighted by Crippen LogP contribution is -2.41. The van der Waals surface area contributed by atoms with Gasteiger partial charge in [0.05, 0.1) is 5.56 Å².